The van der Waals surface area contributed by atoms with Crippen molar-refractivity contribution in [2.75, 3.05) is 14.2 Å². The highest BCUT2D eigenvalue weighted by Gasteiger charge is 2.20. The lowest BCUT2D eigenvalue weighted by molar-refractivity contribution is 0.0941. The Balaban J connectivity index is 0.000000201. The van der Waals surface area contributed by atoms with Crippen LogP contribution in [0.15, 0.2) is 60.7 Å². The lowest BCUT2D eigenvalue weighted by atomic mass is 9.98. The zero-order valence-corrected chi connectivity index (χ0v) is 32.2. The average Bonchev–Trinajstić information content (AvgIpc) is 3.09. The minimum atomic E-state index is -0.152. The van der Waals surface area contributed by atoms with Gasteiger partial charge in [0.2, 0.25) is 0 Å². The molecule has 2 aliphatic heterocycles. The van der Waals surface area contributed by atoms with Gasteiger partial charge in [-0.3, -0.25) is 19.6 Å². The van der Waals surface area contributed by atoms with Gasteiger partial charge in [0.15, 0.2) is 0 Å². The highest BCUT2D eigenvalue weighted by atomic mass is 35.5. The van der Waals surface area contributed by atoms with Gasteiger partial charge in [0.05, 0.1) is 14.2 Å². The molecule has 8 nitrogen and oxygen atoms in total. The quantitative estimate of drug-likeness (QED) is 0.200. The number of nitrogens with zero attached hydrogens (tertiary/aromatic N) is 2. The SMILES string of the molecule is COc1cc(Cl)cc2c1C/C=C/CCc1cc(C)nc(C)c1CNC2=O.COc1cc(Cl)cc2c1C/C=C\CCc1cc(C)nc(C)c1CNC2=O. The Bertz CT molecular complexity index is 1890. The summed E-state index contributed by atoms with van der Waals surface area (Å²) in [5, 5.41) is 7.04. The van der Waals surface area contributed by atoms with Crippen LogP contribution in [0.2, 0.25) is 10.0 Å². The van der Waals surface area contributed by atoms with Crippen molar-refractivity contribution in [3.63, 3.8) is 0 Å². The van der Waals surface area contributed by atoms with E-state index in [4.69, 9.17) is 32.7 Å². The zero-order valence-electron chi connectivity index (χ0n) is 30.7. The van der Waals surface area contributed by atoms with Crippen molar-refractivity contribution in [2.24, 2.45) is 0 Å². The van der Waals surface area contributed by atoms with E-state index in [2.05, 4.69) is 57.0 Å². The second kappa shape index (κ2) is 17.7. The van der Waals surface area contributed by atoms with Crippen LogP contribution in [0.25, 0.3) is 0 Å². The zero-order chi connectivity index (χ0) is 37.4. The van der Waals surface area contributed by atoms with Crippen LogP contribution in [0.4, 0.5) is 0 Å². The van der Waals surface area contributed by atoms with Gasteiger partial charge in [-0.15, -0.1) is 0 Å². The third-order valence-electron chi connectivity index (χ3n) is 9.37. The number of hydrogen-bond acceptors (Lipinski definition) is 6. The van der Waals surface area contributed by atoms with Crippen LogP contribution in [-0.2, 0) is 38.8 Å². The Morgan fingerprint density at radius 1 is 0.577 bits per heavy atom. The summed E-state index contributed by atoms with van der Waals surface area (Å²) in [5.74, 6) is 0.970. The van der Waals surface area contributed by atoms with Gasteiger partial charge in [-0.05, 0) is 125 Å². The second-order valence-corrected chi connectivity index (χ2v) is 13.9. The van der Waals surface area contributed by atoms with E-state index >= 15 is 0 Å². The number of benzene rings is 2. The topological polar surface area (TPSA) is 102 Å². The Morgan fingerprint density at radius 2 is 0.981 bits per heavy atom. The minimum absolute atomic E-state index is 0.152. The van der Waals surface area contributed by atoms with E-state index in [1.54, 1.807) is 38.5 Å². The number of aryl methyl sites for hydroxylation is 6. The molecule has 0 saturated carbocycles. The molecule has 4 heterocycles. The average molecular weight is 742 g/mol. The van der Waals surface area contributed by atoms with Gasteiger partial charge in [-0.2, -0.15) is 0 Å². The molecule has 0 unspecified atom stereocenters. The Labute approximate surface area is 316 Å². The van der Waals surface area contributed by atoms with E-state index in [-0.39, 0.29) is 11.8 Å². The van der Waals surface area contributed by atoms with Crippen molar-refractivity contribution >= 4 is 35.0 Å². The Kier molecular flexibility index (Phi) is 13.1. The van der Waals surface area contributed by atoms with E-state index in [1.165, 1.54) is 11.1 Å². The number of fused-ring (bicyclic) bond motifs is 4. The molecule has 2 aromatic carbocycles. The summed E-state index contributed by atoms with van der Waals surface area (Å²) < 4.78 is 10.9. The van der Waals surface area contributed by atoms with Gasteiger partial charge >= 0.3 is 0 Å². The number of rotatable bonds is 2. The number of carbonyl (C=O) groups is 2. The van der Waals surface area contributed by atoms with Crippen molar-refractivity contribution in [3.05, 3.63) is 138 Å². The molecule has 10 heteroatoms. The highest BCUT2D eigenvalue weighted by molar-refractivity contribution is 6.31. The molecule has 52 heavy (non-hydrogen) atoms. The number of ether oxygens (including phenoxy) is 2. The molecule has 6 rings (SSSR count). The maximum absolute atomic E-state index is 12.9. The fourth-order valence-corrected chi connectivity index (χ4v) is 7.27. The number of amides is 2. The second-order valence-electron chi connectivity index (χ2n) is 13.0. The number of allylic oxidation sites excluding steroid dienone is 4. The number of aromatic nitrogens is 2. The van der Waals surface area contributed by atoms with E-state index in [0.717, 1.165) is 70.7 Å². The van der Waals surface area contributed by atoms with Crippen molar-refractivity contribution in [2.45, 2.75) is 79.3 Å². The molecule has 0 fully saturated rings. The first kappa shape index (κ1) is 38.6. The standard InChI is InChI=1S/2C21H23ClN2O2/c2*1-13-9-15-7-5-4-6-8-17-18(10-16(22)11-20(17)26-3)21(25)23-12-19(15)14(2)24-13/h2*4,6,9-11H,5,7-8,12H2,1-3H3,(H,23,25)/b6-4+;6-4-. The normalized spacial score (nSPS) is 15.8. The lowest BCUT2D eigenvalue weighted by Crippen LogP contribution is -2.25. The van der Waals surface area contributed by atoms with Crippen LogP contribution in [0.5, 0.6) is 11.5 Å². The van der Waals surface area contributed by atoms with Gasteiger partial charge in [0.25, 0.3) is 11.8 Å². The van der Waals surface area contributed by atoms with Crippen molar-refractivity contribution in [1.82, 2.24) is 20.6 Å². The third kappa shape index (κ3) is 9.41. The Morgan fingerprint density at radius 3 is 1.37 bits per heavy atom. The molecular formula is C42H46Cl2N4O4. The van der Waals surface area contributed by atoms with E-state index in [0.29, 0.717) is 58.6 Å². The number of methoxy groups -OCH3 is 2. The van der Waals surface area contributed by atoms with E-state index < -0.39 is 0 Å². The van der Waals surface area contributed by atoms with Gasteiger partial charge in [0.1, 0.15) is 11.5 Å². The molecule has 0 spiro atoms. The smallest absolute Gasteiger partial charge is 0.252 e. The van der Waals surface area contributed by atoms with Crippen molar-refractivity contribution in [3.8, 4) is 11.5 Å². The van der Waals surface area contributed by atoms with Crippen molar-refractivity contribution in [1.29, 1.82) is 0 Å². The lowest BCUT2D eigenvalue weighted by Gasteiger charge is -2.17. The number of halogens is 2. The van der Waals surface area contributed by atoms with E-state index in [9.17, 15) is 9.59 Å². The van der Waals surface area contributed by atoms with Crippen LogP contribution in [0.3, 0.4) is 0 Å². The Hall–Kier alpha value is -4.66. The maximum atomic E-state index is 12.9. The van der Waals surface area contributed by atoms with E-state index in [1.807, 2.05) is 27.7 Å². The molecule has 272 valence electrons. The van der Waals surface area contributed by atoms with Crippen LogP contribution < -0.4 is 20.1 Å². The maximum Gasteiger partial charge on any atom is 0.252 e. The number of pyridine rings is 2. The predicted octanol–water partition coefficient (Wildman–Crippen LogP) is 8.67. The van der Waals surface area contributed by atoms with Crippen LogP contribution in [-0.4, -0.2) is 36.0 Å². The largest absolute Gasteiger partial charge is 0.496 e. The first-order valence-corrected chi connectivity index (χ1v) is 18.3. The van der Waals surface area contributed by atoms with Crippen molar-refractivity contribution < 1.29 is 19.1 Å². The minimum Gasteiger partial charge on any atom is -0.496 e. The molecule has 0 saturated heterocycles. The predicted molar refractivity (Wildman–Crippen MR) is 208 cm³/mol. The number of hydrogen-bond donors (Lipinski definition) is 2. The monoisotopic (exact) mass is 740 g/mol. The summed E-state index contributed by atoms with van der Waals surface area (Å²) >= 11 is 12.4. The molecule has 0 radical (unpaired) electrons. The summed E-state index contributed by atoms with van der Waals surface area (Å²) in [6, 6.07) is 11.1. The van der Waals surface area contributed by atoms with Crippen LogP contribution in [0.1, 0.15) is 89.7 Å². The number of carbonyl (C=O) groups excluding carboxylic acids is 2. The fraction of sp³-hybridized carbons (Fsp3) is 0.333. The van der Waals surface area contributed by atoms with Gasteiger partial charge < -0.3 is 20.1 Å². The van der Waals surface area contributed by atoms with Gasteiger partial charge in [-0.25, -0.2) is 0 Å². The molecule has 0 aliphatic carbocycles. The highest BCUT2D eigenvalue weighted by Crippen LogP contribution is 2.30. The summed E-state index contributed by atoms with van der Waals surface area (Å²) in [7, 11) is 3.19. The summed E-state index contributed by atoms with van der Waals surface area (Å²) in [4.78, 5) is 34.8. The summed E-state index contributed by atoms with van der Waals surface area (Å²) in [6.07, 6.45) is 13.5. The number of nitrogens with one attached hydrogen (secondary N) is 2. The first-order valence-electron chi connectivity index (χ1n) is 17.5. The molecule has 4 aromatic rings. The molecule has 2 aliphatic rings. The molecule has 2 N–H and O–H groups in total. The molecule has 0 atom stereocenters. The van der Waals surface area contributed by atoms with Crippen LogP contribution >= 0.6 is 23.2 Å². The van der Waals surface area contributed by atoms with Crippen LogP contribution in [0, 0.1) is 27.7 Å². The molecular weight excluding hydrogens is 695 g/mol. The van der Waals surface area contributed by atoms with Gasteiger partial charge in [-0.1, -0.05) is 47.5 Å². The third-order valence-corrected chi connectivity index (χ3v) is 9.81. The molecule has 2 amide bonds. The fourth-order valence-electron chi connectivity index (χ4n) is 6.86. The summed E-state index contributed by atoms with van der Waals surface area (Å²) in [6.45, 7) is 8.89. The first-order chi connectivity index (χ1) is 25.0. The van der Waals surface area contributed by atoms with Gasteiger partial charge in [0, 0.05) is 68.2 Å². The molecule has 0 bridgehead atoms. The summed E-state index contributed by atoms with van der Waals surface area (Å²) in [5.41, 5.74) is 11.4. The molecule has 2 aromatic heterocycles.